The maximum Gasteiger partial charge on any atom is 0.362 e. The molecule has 0 spiro atoms. The van der Waals surface area contributed by atoms with Crippen molar-refractivity contribution in [2.24, 2.45) is 0 Å². The van der Waals surface area contributed by atoms with Gasteiger partial charge < -0.3 is 5.32 Å². The Balaban J connectivity index is 1.72. The molecule has 0 unspecified atom stereocenters. The monoisotopic (exact) mass is 326 g/mol. The van der Waals surface area contributed by atoms with Crippen molar-refractivity contribution < 1.29 is 4.79 Å². The topological polar surface area (TPSA) is 87.7 Å². The third kappa shape index (κ3) is 3.57. The molecule has 0 fully saturated rings. The zero-order chi connectivity index (χ0) is 16.2. The van der Waals surface area contributed by atoms with Gasteiger partial charge in [-0.1, -0.05) is 48.2 Å². The first-order valence-electron chi connectivity index (χ1n) is 6.97. The van der Waals surface area contributed by atoms with Crippen LogP contribution < -0.4 is 11.0 Å². The van der Waals surface area contributed by atoms with Crippen molar-refractivity contribution in [1.82, 2.24) is 15.2 Å². The SMILES string of the molecule is Cc1n[nH]c(=O)nc1SCC(=O)Nc1cccc2ccccc12. The van der Waals surface area contributed by atoms with Crippen molar-refractivity contribution in [2.75, 3.05) is 11.1 Å². The molecule has 116 valence electrons. The number of aromatic nitrogens is 3. The smallest absolute Gasteiger partial charge is 0.325 e. The molecule has 1 heterocycles. The molecule has 0 aliphatic heterocycles. The van der Waals surface area contributed by atoms with E-state index in [1.54, 1.807) is 6.92 Å². The van der Waals surface area contributed by atoms with Crippen LogP contribution in [0.3, 0.4) is 0 Å². The molecule has 0 bridgehead atoms. The number of anilines is 1. The number of carbonyl (C=O) groups is 1. The second kappa shape index (κ2) is 6.62. The fraction of sp³-hybridized carbons (Fsp3) is 0.125. The Labute approximate surface area is 136 Å². The molecule has 2 aromatic carbocycles. The zero-order valence-electron chi connectivity index (χ0n) is 12.4. The molecule has 2 N–H and O–H groups in total. The number of nitrogens with one attached hydrogen (secondary N) is 2. The number of nitrogens with zero attached hydrogens (tertiary/aromatic N) is 2. The molecule has 0 aliphatic rings. The molecular formula is C16H14N4O2S. The highest BCUT2D eigenvalue weighted by Crippen LogP contribution is 2.23. The van der Waals surface area contributed by atoms with Crippen molar-refractivity contribution >= 4 is 34.1 Å². The summed E-state index contributed by atoms with van der Waals surface area (Å²) in [6, 6.07) is 13.6. The molecule has 1 amide bonds. The summed E-state index contributed by atoms with van der Waals surface area (Å²) >= 11 is 1.19. The van der Waals surface area contributed by atoms with Gasteiger partial charge >= 0.3 is 5.69 Å². The van der Waals surface area contributed by atoms with E-state index in [0.717, 1.165) is 16.5 Å². The standard InChI is InChI=1S/C16H14N4O2S/c1-10-15(18-16(22)20-19-10)23-9-14(21)17-13-8-4-6-11-5-2-3-7-12(11)13/h2-8H,9H2,1H3,(H,17,21)(H,18,20,22). The molecule has 0 radical (unpaired) electrons. The Morgan fingerprint density at radius 1 is 1.22 bits per heavy atom. The number of aromatic amines is 1. The highest BCUT2D eigenvalue weighted by Gasteiger charge is 2.09. The van der Waals surface area contributed by atoms with Gasteiger partial charge in [0, 0.05) is 11.1 Å². The Morgan fingerprint density at radius 3 is 2.87 bits per heavy atom. The third-order valence-electron chi connectivity index (χ3n) is 3.24. The van der Waals surface area contributed by atoms with Crippen molar-refractivity contribution in [3.8, 4) is 0 Å². The zero-order valence-corrected chi connectivity index (χ0v) is 13.2. The van der Waals surface area contributed by atoms with Gasteiger partial charge in [-0.05, 0) is 18.4 Å². The largest absolute Gasteiger partial charge is 0.362 e. The fourth-order valence-corrected chi connectivity index (χ4v) is 2.91. The molecule has 0 aliphatic carbocycles. The number of carbonyl (C=O) groups excluding carboxylic acids is 1. The normalized spacial score (nSPS) is 10.7. The first-order chi connectivity index (χ1) is 11.1. The number of H-pyrrole nitrogens is 1. The summed E-state index contributed by atoms with van der Waals surface area (Å²) in [5.41, 5.74) is 0.836. The van der Waals surface area contributed by atoms with Gasteiger partial charge in [0.05, 0.1) is 11.4 Å². The summed E-state index contributed by atoms with van der Waals surface area (Å²) in [7, 11) is 0. The van der Waals surface area contributed by atoms with Crippen LogP contribution in [0.2, 0.25) is 0 Å². The van der Waals surface area contributed by atoms with Crippen molar-refractivity contribution in [3.05, 3.63) is 58.6 Å². The number of fused-ring (bicyclic) bond motifs is 1. The second-order valence-electron chi connectivity index (χ2n) is 4.89. The minimum absolute atomic E-state index is 0.155. The molecule has 6 nitrogen and oxygen atoms in total. The molecule has 3 rings (SSSR count). The Bertz CT molecular complexity index is 918. The summed E-state index contributed by atoms with van der Waals surface area (Å²) < 4.78 is 0. The molecule has 7 heteroatoms. The van der Waals surface area contributed by atoms with E-state index in [9.17, 15) is 9.59 Å². The quantitative estimate of drug-likeness (QED) is 0.719. The van der Waals surface area contributed by atoms with Gasteiger partial charge in [-0.25, -0.2) is 9.89 Å². The van der Waals surface area contributed by atoms with E-state index in [4.69, 9.17) is 0 Å². The summed E-state index contributed by atoms with van der Waals surface area (Å²) in [4.78, 5) is 27.2. The van der Waals surface area contributed by atoms with Gasteiger partial charge in [-0.15, -0.1) is 0 Å². The molecule has 0 saturated heterocycles. The number of hydrogen-bond donors (Lipinski definition) is 2. The van der Waals surface area contributed by atoms with Crippen LogP contribution >= 0.6 is 11.8 Å². The van der Waals surface area contributed by atoms with Crippen LogP contribution in [0.5, 0.6) is 0 Å². The van der Waals surface area contributed by atoms with Crippen LogP contribution in [0.4, 0.5) is 5.69 Å². The lowest BCUT2D eigenvalue weighted by Gasteiger charge is -2.08. The minimum Gasteiger partial charge on any atom is -0.325 e. The van der Waals surface area contributed by atoms with Gasteiger partial charge in [0.15, 0.2) is 0 Å². The van der Waals surface area contributed by atoms with Crippen molar-refractivity contribution in [2.45, 2.75) is 11.9 Å². The number of hydrogen-bond acceptors (Lipinski definition) is 5. The highest BCUT2D eigenvalue weighted by molar-refractivity contribution is 8.00. The first kappa shape index (κ1) is 15.2. The lowest BCUT2D eigenvalue weighted by Crippen LogP contribution is -2.17. The van der Waals surface area contributed by atoms with Crippen molar-refractivity contribution in [1.29, 1.82) is 0 Å². The fourth-order valence-electron chi connectivity index (χ4n) is 2.17. The molecule has 1 aromatic heterocycles. The van der Waals surface area contributed by atoms with Crippen LogP contribution in [-0.4, -0.2) is 26.8 Å². The number of thioether (sulfide) groups is 1. The van der Waals surface area contributed by atoms with E-state index in [-0.39, 0.29) is 11.7 Å². The Kier molecular flexibility index (Phi) is 4.38. The average Bonchev–Trinajstić information content (AvgIpc) is 2.56. The van der Waals surface area contributed by atoms with Crippen molar-refractivity contribution in [3.63, 3.8) is 0 Å². The summed E-state index contributed by atoms with van der Waals surface area (Å²) in [6.07, 6.45) is 0. The minimum atomic E-state index is -0.521. The van der Waals surface area contributed by atoms with E-state index in [0.29, 0.717) is 10.7 Å². The van der Waals surface area contributed by atoms with Gasteiger partial charge in [0.25, 0.3) is 0 Å². The second-order valence-corrected chi connectivity index (χ2v) is 5.86. The summed E-state index contributed by atoms with van der Waals surface area (Å²) in [6.45, 7) is 1.73. The Hall–Kier alpha value is -2.67. The number of aryl methyl sites for hydroxylation is 1. The highest BCUT2D eigenvalue weighted by atomic mass is 32.2. The number of rotatable bonds is 4. The van der Waals surface area contributed by atoms with Gasteiger partial charge in [0.2, 0.25) is 5.91 Å². The van der Waals surface area contributed by atoms with Crippen LogP contribution in [-0.2, 0) is 4.79 Å². The third-order valence-corrected chi connectivity index (χ3v) is 4.30. The van der Waals surface area contributed by atoms with E-state index in [1.807, 2.05) is 42.5 Å². The van der Waals surface area contributed by atoms with Crippen LogP contribution in [0.25, 0.3) is 10.8 Å². The predicted molar refractivity (Wildman–Crippen MR) is 90.7 cm³/mol. The first-order valence-corrected chi connectivity index (χ1v) is 7.96. The molecule has 0 saturated carbocycles. The van der Waals surface area contributed by atoms with E-state index >= 15 is 0 Å². The Morgan fingerprint density at radius 2 is 2.00 bits per heavy atom. The molecular weight excluding hydrogens is 312 g/mol. The predicted octanol–water partition coefficient (Wildman–Crippen LogP) is 2.36. The van der Waals surface area contributed by atoms with E-state index < -0.39 is 5.69 Å². The molecule has 23 heavy (non-hydrogen) atoms. The lowest BCUT2D eigenvalue weighted by molar-refractivity contribution is -0.113. The maximum atomic E-state index is 12.2. The van der Waals surface area contributed by atoms with Crippen LogP contribution in [0.1, 0.15) is 5.69 Å². The average molecular weight is 326 g/mol. The van der Waals surface area contributed by atoms with Crippen LogP contribution in [0.15, 0.2) is 52.3 Å². The molecule has 3 aromatic rings. The van der Waals surface area contributed by atoms with E-state index in [2.05, 4.69) is 20.5 Å². The lowest BCUT2D eigenvalue weighted by atomic mass is 10.1. The van der Waals surface area contributed by atoms with Crippen LogP contribution in [0, 0.1) is 6.92 Å². The van der Waals surface area contributed by atoms with Gasteiger partial charge in [-0.2, -0.15) is 10.1 Å². The van der Waals surface area contributed by atoms with Gasteiger partial charge in [0.1, 0.15) is 5.03 Å². The van der Waals surface area contributed by atoms with Gasteiger partial charge in [-0.3, -0.25) is 4.79 Å². The number of benzene rings is 2. The molecule has 0 atom stereocenters. The summed E-state index contributed by atoms with van der Waals surface area (Å²) in [5, 5.41) is 11.5. The maximum absolute atomic E-state index is 12.2. The van der Waals surface area contributed by atoms with E-state index in [1.165, 1.54) is 11.8 Å². The summed E-state index contributed by atoms with van der Waals surface area (Å²) in [5.74, 6) is -0.00446. The number of amides is 1.